The molecule has 8 atom stereocenters. The molecule has 0 radical (unpaired) electrons. The molecule has 4 fully saturated rings. The summed E-state index contributed by atoms with van der Waals surface area (Å²) < 4.78 is 0. The number of allylic oxidation sites excluding steroid dienone is 2. The van der Waals surface area contributed by atoms with Crippen LogP contribution in [0.2, 0.25) is 0 Å². The molecule has 0 saturated heterocycles. The number of fused-ring (bicyclic) bond motifs is 4. The zero-order valence-electron chi connectivity index (χ0n) is 11.2. The fourth-order valence-corrected chi connectivity index (χ4v) is 6.99. The first-order valence-electron chi connectivity index (χ1n) is 8.23. The Kier molecular flexibility index (Phi) is 1.88. The van der Waals surface area contributed by atoms with E-state index in [0.717, 1.165) is 35.5 Å². The molecule has 0 amide bonds. The highest BCUT2D eigenvalue weighted by Gasteiger charge is 2.70. The van der Waals surface area contributed by atoms with Gasteiger partial charge in [0, 0.05) is 6.04 Å². The maximum atomic E-state index is 6.67. The third-order valence-corrected chi connectivity index (χ3v) is 7.72. The summed E-state index contributed by atoms with van der Waals surface area (Å²) >= 11 is 0. The Morgan fingerprint density at radius 2 is 1.94 bits per heavy atom. The number of nitrogens with two attached hydrogens (primary N) is 1. The standard InChI is InChI=1S/C17H25N/c18-16-8-14-12-3-1-2-10(12)4-6-13(14)15-7-5-11-9-17(11,15)16/h1-2,10-16H,3-9,18H2. The Morgan fingerprint density at radius 3 is 2.83 bits per heavy atom. The van der Waals surface area contributed by atoms with E-state index in [0.29, 0.717) is 11.5 Å². The third kappa shape index (κ3) is 1.06. The smallest absolute Gasteiger partial charge is 0.0104 e. The van der Waals surface area contributed by atoms with Gasteiger partial charge in [-0.15, -0.1) is 0 Å². The molecule has 5 aliphatic carbocycles. The average Bonchev–Trinajstić information content (AvgIpc) is 2.75. The molecular weight excluding hydrogens is 218 g/mol. The zero-order chi connectivity index (χ0) is 11.9. The maximum absolute atomic E-state index is 6.67. The first-order valence-corrected chi connectivity index (χ1v) is 8.23. The lowest BCUT2D eigenvalue weighted by Gasteiger charge is -2.52. The van der Waals surface area contributed by atoms with Gasteiger partial charge in [-0.25, -0.2) is 0 Å². The molecule has 1 heteroatoms. The van der Waals surface area contributed by atoms with E-state index in [1.807, 2.05) is 0 Å². The van der Waals surface area contributed by atoms with Gasteiger partial charge >= 0.3 is 0 Å². The highest BCUT2D eigenvalue weighted by atomic mass is 14.8. The van der Waals surface area contributed by atoms with Crippen LogP contribution in [0.1, 0.15) is 44.9 Å². The first kappa shape index (κ1) is 10.5. The van der Waals surface area contributed by atoms with Gasteiger partial charge < -0.3 is 5.73 Å². The summed E-state index contributed by atoms with van der Waals surface area (Å²) in [6.45, 7) is 0. The van der Waals surface area contributed by atoms with E-state index < -0.39 is 0 Å². The van der Waals surface area contributed by atoms with E-state index in [9.17, 15) is 0 Å². The summed E-state index contributed by atoms with van der Waals surface area (Å²) in [6.07, 6.45) is 15.2. The minimum absolute atomic E-state index is 0.551. The minimum atomic E-state index is 0.551. The van der Waals surface area contributed by atoms with Crippen LogP contribution in [0.25, 0.3) is 0 Å². The van der Waals surface area contributed by atoms with E-state index in [4.69, 9.17) is 5.73 Å². The SMILES string of the molecule is NC1CC2C3CC=CC3CCC2C2CCC3CC132. The van der Waals surface area contributed by atoms with E-state index >= 15 is 0 Å². The van der Waals surface area contributed by atoms with Crippen LogP contribution in [0.3, 0.4) is 0 Å². The van der Waals surface area contributed by atoms with Gasteiger partial charge in [0.15, 0.2) is 0 Å². The molecule has 4 saturated carbocycles. The minimum Gasteiger partial charge on any atom is -0.327 e. The molecule has 5 aliphatic rings. The first-order chi connectivity index (χ1) is 8.80. The van der Waals surface area contributed by atoms with Crippen molar-refractivity contribution in [3.05, 3.63) is 12.2 Å². The summed E-state index contributed by atoms with van der Waals surface area (Å²) in [7, 11) is 0. The van der Waals surface area contributed by atoms with Gasteiger partial charge in [0.05, 0.1) is 0 Å². The van der Waals surface area contributed by atoms with Crippen molar-refractivity contribution in [3.8, 4) is 0 Å². The molecule has 18 heavy (non-hydrogen) atoms. The van der Waals surface area contributed by atoms with Gasteiger partial charge in [0.1, 0.15) is 0 Å². The Morgan fingerprint density at radius 1 is 1.00 bits per heavy atom. The van der Waals surface area contributed by atoms with Gasteiger partial charge in [0.2, 0.25) is 0 Å². The van der Waals surface area contributed by atoms with Crippen LogP contribution in [-0.2, 0) is 0 Å². The Labute approximate surface area is 110 Å². The van der Waals surface area contributed by atoms with Crippen molar-refractivity contribution in [2.45, 2.75) is 51.0 Å². The fraction of sp³-hybridized carbons (Fsp3) is 0.882. The molecule has 0 aromatic carbocycles. The lowest BCUT2D eigenvalue weighted by atomic mass is 9.54. The number of hydrogen-bond acceptors (Lipinski definition) is 1. The van der Waals surface area contributed by atoms with Gasteiger partial charge in [-0.2, -0.15) is 0 Å². The normalized spacial score (nSPS) is 63.9. The van der Waals surface area contributed by atoms with E-state index in [2.05, 4.69) is 12.2 Å². The zero-order valence-corrected chi connectivity index (χ0v) is 11.2. The summed E-state index contributed by atoms with van der Waals surface area (Å²) in [5, 5.41) is 0. The largest absolute Gasteiger partial charge is 0.327 e. The maximum Gasteiger partial charge on any atom is 0.0104 e. The van der Waals surface area contributed by atoms with Crippen LogP contribution in [0, 0.1) is 40.9 Å². The van der Waals surface area contributed by atoms with Crippen molar-refractivity contribution in [3.63, 3.8) is 0 Å². The van der Waals surface area contributed by atoms with Crippen LogP contribution in [-0.4, -0.2) is 6.04 Å². The molecule has 0 aliphatic heterocycles. The molecule has 0 aromatic rings. The Hall–Kier alpha value is -0.300. The predicted molar refractivity (Wildman–Crippen MR) is 72.8 cm³/mol. The van der Waals surface area contributed by atoms with E-state index in [-0.39, 0.29) is 0 Å². The van der Waals surface area contributed by atoms with Crippen molar-refractivity contribution in [2.75, 3.05) is 0 Å². The fourth-order valence-electron chi connectivity index (χ4n) is 6.99. The van der Waals surface area contributed by atoms with Crippen molar-refractivity contribution >= 4 is 0 Å². The Balaban J connectivity index is 1.51. The van der Waals surface area contributed by atoms with Gasteiger partial charge in [-0.1, -0.05) is 12.2 Å². The second-order valence-electron chi connectivity index (χ2n) is 7.94. The Bertz CT molecular complexity index is 414. The molecule has 2 N–H and O–H groups in total. The van der Waals surface area contributed by atoms with Crippen molar-refractivity contribution in [2.24, 2.45) is 46.7 Å². The van der Waals surface area contributed by atoms with Crippen LogP contribution in [0.15, 0.2) is 12.2 Å². The number of rotatable bonds is 0. The van der Waals surface area contributed by atoms with Crippen LogP contribution >= 0.6 is 0 Å². The molecule has 8 unspecified atom stereocenters. The number of hydrogen-bond donors (Lipinski definition) is 1. The molecule has 1 nitrogen and oxygen atoms in total. The second kappa shape index (κ2) is 3.23. The van der Waals surface area contributed by atoms with Crippen LogP contribution < -0.4 is 5.73 Å². The van der Waals surface area contributed by atoms with E-state index in [1.54, 1.807) is 0 Å². The monoisotopic (exact) mass is 243 g/mol. The van der Waals surface area contributed by atoms with Crippen LogP contribution in [0.4, 0.5) is 0 Å². The van der Waals surface area contributed by atoms with Crippen molar-refractivity contribution in [1.82, 2.24) is 0 Å². The second-order valence-corrected chi connectivity index (χ2v) is 7.94. The summed E-state index contributed by atoms with van der Waals surface area (Å²) in [5.74, 6) is 5.99. The molecule has 0 heterocycles. The highest BCUT2D eigenvalue weighted by Crippen LogP contribution is 2.74. The lowest BCUT2D eigenvalue weighted by molar-refractivity contribution is -0.0120. The molecule has 0 aromatic heterocycles. The topological polar surface area (TPSA) is 26.0 Å². The molecule has 1 spiro atoms. The predicted octanol–water partition coefficient (Wildman–Crippen LogP) is 3.35. The van der Waals surface area contributed by atoms with E-state index in [1.165, 1.54) is 44.9 Å². The highest BCUT2D eigenvalue weighted by molar-refractivity contribution is 5.22. The van der Waals surface area contributed by atoms with Gasteiger partial charge in [-0.3, -0.25) is 0 Å². The molecular formula is C17H25N. The van der Waals surface area contributed by atoms with Gasteiger partial charge in [0.25, 0.3) is 0 Å². The van der Waals surface area contributed by atoms with Gasteiger partial charge in [-0.05, 0) is 85.9 Å². The quantitative estimate of drug-likeness (QED) is 0.649. The van der Waals surface area contributed by atoms with Crippen LogP contribution in [0.5, 0.6) is 0 Å². The molecule has 0 bridgehead atoms. The summed E-state index contributed by atoms with van der Waals surface area (Å²) in [6, 6.07) is 0.551. The third-order valence-electron chi connectivity index (χ3n) is 7.72. The van der Waals surface area contributed by atoms with Crippen molar-refractivity contribution < 1.29 is 0 Å². The lowest BCUT2D eigenvalue weighted by Crippen LogP contribution is -2.51. The average molecular weight is 243 g/mol. The summed E-state index contributed by atoms with van der Waals surface area (Å²) in [5.41, 5.74) is 7.32. The molecule has 98 valence electrons. The summed E-state index contributed by atoms with van der Waals surface area (Å²) in [4.78, 5) is 0. The molecule has 5 rings (SSSR count). The van der Waals surface area contributed by atoms with Crippen molar-refractivity contribution in [1.29, 1.82) is 0 Å².